The van der Waals surface area contributed by atoms with E-state index in [1.807, 2.05) is 31.2 Å². The van der Waals surface area contributed by atoms with Crippen LogP contribution in [0.15, 0.2) is 48.5 Å². The van der Waals surface area contributed by atoms with E-state index >= 15 is 0 Å². The lowest BCUT2D eigenvalue weighted by Crippen LogP contribution is -2.40. The van der Waals surface area contributed by atoms with E-state index in [4.69, 9.17) is 11.6 Å². The summed E-state index contributed by atoms with van der Waals surface area (Å²) in [5.74, 6) is -0.401. The Hall–Kier alpha value is -2.05. The van der Waals surface area contributed by atoms with Crippen molar-refractivity contribution in [1.29, 1.82) is 0 Å². The predicted octanol–water partition coefficient (Wildman–Crippen LogP) is 2.73. The molecule has 0 heterocycles. The van der Waals surface area contributed by atoms with E-state index in [1.54, 1.807) is 24.3 Å². The second kappa shape index (κ2) is 7.68. The molecule has 0 fully saturated rings. The van der Waals surface area contributed by atoms with E-state index in [-0.39, 0.29) is 17.3 Å². The summed E-state index contributed by atoms with van der Waals surface area (Å²) in [5.41, 5.74) is 2.33. The van der Waals surface area contributed by atoms with Gasteiger partial charge < -0.3 is 5.32 Å². The number of carbonyl (C=O) groups excluding carboxylic acids is 1. The normalized spacial score (nSPS) is 11.1. The third-order valence-corrected chi connectivity index (χ3v) is 4.83. The third kappa shape index (κ3) is 4.97. The quantitative estimate of drug-likeness (QED) is 0.854. The lowest BCUT2D eigenvalue weighted by atomic mass is 10.1. The summed E-state index contributed by atoms with van der Waals surface area (Å²) >= 11 is 6.06. The van der Waals surface area contributed by atoms with Gasteiger partial charge in [-0.3, -0.25) is 9.10 Å². The topological polar surface area (TPSA) is 66.5 Å². The van der Waals surface area contributed by atoms with Crippen molar-refractivity contribution >= 4 is 33.2 Å². The maximum atomic E-state index is 12.2. The summed E-state index contributed by atoms with van der Waals surface area (Å²) in [4.78, 5) is 12.2. The first kappa shape index (κ1) is 18.3. The predicted molar refractivity (Wildman–Crippen MR) is 96.7 cm³/mol. The van der Waals surface area contributed by atoms with E-state index in [0.29, 0.717) is 6.54 Å². The van der Waals surface area contributed by atoms with E-state index < -0.39 is 15.9 Å². The lowest BCUT2D eigenvalue weighted by molar-refractivity contribution is -0.119. The van der Waals surface area contributed by atoms with Crippen molar-refractivity contribution in [2.24, 2.45) is 0 Å². The van der Waals surface area contributed by atoms with Crippen LogP contribution in [0.2, 0.25) is 5.02 Å². The van der Waals surface area contributed by atoms with E-state index in [2.05, 4.69) is 5.32 Å². The van der Waals surface area contributed by atoms with Crippen molar-refractivity contribution in [1.82, 2.24) is 5.32 Å². The zero-order chi connectivity index (χ0) is 17.7. The Morgan fingerprint density at radius 1 is 1.17 bits per heavy atom. The molecule has 0 bridgehead atoms. The van der Waals surface area contributed by atoms with Crippen molar-refractivity contribution in [2.45, 2.75) is 13.5 Å². The molecule has 0 aliphatic rings. The van der Waals surface area contributed by atoms with Crippen molar-refractivity contribution in [2.75, 3.05) is 17.1 Å². The van der Waals surface area contributed by atoms with Gasteiger partial charge >= 0.3 is 0 Å². The Labute approximate surface area is 147 Å². The first-order valence-corrected chi connectivity index (χ1v) is 9.54. The molecule has 0 aromatic heterocycles. The molecule has 5 nitrogen and oxygen atoms in total. The number of benzene rings is 2. The Kier molecular flexibility index (Phi) is 5.85. The zero-order valence-corrected chi connectivity index (χ0v) is 15.1. The molecule has 0 saturated carbocycles. The Morgan fingerprint density at radius 2 is 1.88 bits per heavy atom. The number of carbonyl (C=O) groups is 1. The molecule has 7 heteroatoms. The minimum absolute atomic E-state index is 0.273. The summed E-state index contributed by atoms with van der Waals surface area (Å²) in [7, 11) is -3.64. The molecule has 0 saturated heterocycles. The van der Waals surface area contributed by atoms with Crippen LogP contribution in [0.3, 0.4) is 0 Å². The van der Waals surface area contributed by atoms with Crippen molar-refractivity contribution in [3.8, 4) is 0 Å². The number of nitrogens with one attached hydrogen (secondary N) is 1. The van der Waals surface area contributed by atoms with Crippen LogP contribution in [0.1, 0.15) is 11.1 Å². The molecule has 24 heavy (non-hydrogen) atoms. The molecule has 128 valence electrons. The van der Waals surface area contributed by atoms with Gasteiger partial charge in [0.15, 0.2) is 0 Å². The minimum Gasteiger partial charge on any atom is -0.350 e. The number of para-hydroxylation sites is 1. The summed E-state index contributed by atoms with van der Waals surface area (Å²) in [6.07, 6.45) is 1.05. The highest BCUT2D eigenvalue weighted by molar-refractivity contribution is 7.92. The van der Waals surface area contributed by atoms with Crippen LogP contribution in [0.5, 0.6) is 0 Å². The van der Waals surface area contributed by atoms with Crippen molar-refractivity contribution in [3.63, 3.8) is 0 Å². The van der Waals surface area contributed by atoms with E-state index in [9.17, 15) is 13.2 Å². The van der Waals surface area contributed by atoms with Crippen LogP contribution in [0.25, 0.3) is 0 Å². The number of aryl methyl sites for hydroxylation is 1. The number of anilines is 1. The Balaban J connectivity index is 2.10. The van der Waals surface area contributed by atoms with Crippen LogP contribution >= 0.6 is 11.6 Å². The molecular formula is C17H19ClN2O3S. The zero-order valence-electron chi connectivity index (χ0n) is 13.5. The SMILES string of the molecule is Cc1cccc(CNC(=O)CN(c2ccccc2Cl)S(C)(=O)=O)c1. The first-order valence-electron chi connectivity index (χ1n) is 7.32. The number of hydrogen-bond acceptors (Lipinski definition) is 3. The average molecular weight is 367 g/mol. The lowest BCUT2D eigenvalue weighted by Gasteiger charge is -2.22. The number of hydrogen-bond donors (Lipinski definition) is 1. The molecule has 1 amide bonds. The summed E-state index contributed by atoms with van der Waals surface area (Å²) in [5, 5.41) is 3.00. The molecule has 0 aliphatic carbocycles. The van der Waals surface area contributed by atoms with Gasteiger partial charge in [0.05, 0.1) is 17.0 Å². The molecule has 0 radical (unpaired) electrons. The monoisotopic (exact) mass is 366 g/mol. The second-order valence-corrected chi connectivity index (χ2v) is 7.80. The molecule has 2 aromatic rings. The smallest absolute Gasteiger partial charge is 0.241 e. The van der Waals surface area contributed by atoms with Gasteiger partial charge in [-0.05, 0) is 24.6 Å². The van der Waals surface area contributed by atoms with E-state index in [0.717, 1.165) is 21.7 Å². The summed E-state index contributed by atoms with van der Waals surface area (Å²) in [6, 6.07) is 14.3. The molecule has 1 N–H and O–H groups in total. The van der Waals surface area contributed by atoms with Gasteiger partial charge in [-0.15, -0.1) is 0 Å². The summed E-state index contributed by atoms with van der Waals surface area (Å²) in [6.45, 7) is 1.98. The largest absolute Gasteiger partial charge is 0.350 e. The number of amides is 1. The molecule has 2 aromatic carbocycles. The number of sulfonamides is 1. The first-order chi connectivity index (χ1) is 11.3. The van der Waals surface area contributed by atoms with Gasteiger partial charge in [0, 0.05) is 6.54 Å². The highest BCUT2D eigenvalue weighted by Crippen LogP contribution is 2.26. The minimum atomic E-state index is -3.64. The molecule has 0 spiro atoms. The number of rotatable bonds is 6. The third-order valence-electron chi connectivity index (χ3n) is 3.38. The maximum absolute atomic E-state index is 12.2. The number of halogens is 1. The highest BCUT2D eigenvalue weighted by atomic mass is 35.5. The average Bonchev–Trinajstić information content (AvgIpc) is 2.50. The number of nitrogens with zero attached hydrogens (tertiary/aromatic N) is 1. The van der Waals surface area contributed by atoms with Crippen LogP contribution < -0.4 is 9.62 Å². The molecular weight excluding hydrogens is 348 g/mol. The van der Waals surface area contributed by atoms with Crippen LogP contribution in [0.4, 0.5) is 5.69 Å². The van der Waals surface area contributed by atoms with Gasteiger partial charge in [0.2, 0.25) is 15.9 Å². The highest BCUT2D eigenvalue weighted by Gasteiger charge is 2.22. The second-order valence-electron chi connectivity index (χ2n) is 5.49. The van der Waals surface area contributed by atoms with Gasteiger partial charge in [-0.2, -0.15) is 0 Å². The van der Waals surface area contributed by atoms with Crippen LogP contribution in [0, 0.1) is 6.92 Å². The standard InChI is InChI=1S/C17H19ClN2O3S/c1-13-6-5-7-14(10-13)11-19-17(21)12-20(24(2,22)23)16-9-4-3-8-15(16)18/h3-10H,11-12H2,1-2H3,(H,19,21). The molecule has 2 rings (SSSR count). The fourth-order valence-electron chi connectivity index (χ4n) is 2.24. The van der Waals surface area contributed by atoms with Gasteiger partial charge in [-0.1, -0.05) is 53.6 Å². The Morgan fingerprint density at radius 3 is 2.50 bits per heavy atom. The van der Waals surface area contributed by atoms with Gasteiger partial charge in [0.25, 0.3) is 0 Å². The summed E-state index contributed by atoms with van der Waals surface area (Å²) < 4.78 is 25.1. The molecule has 0 atom stereocenters. The van der Waals surface area contributed by atoms with Crippen LogP contribution in [-0.2, 0) is 21.4 Å². The fraction of sp³-hybridized carbons (Fsp3) is 0.235. The fourth-order valence-corrected chi connectivity index (χ4v) is 3.40. The van der Waals surface area contributed by atoms with Gasteiger partial charge in [0.1, 0.15) is 6.54 Å². The van der Waals surface area contributed by atoms with Crippen LogP contribution in [-0.4, -0.2) is 27.1 Å². The van der Waals surface area contributed by atoms with Crippen molar-refractivity contribution in [3.05, 3.63) is 64.7 Å². The Bertz CT molecular complexity index is 837. The van der Waals surface area contributed by atoms with Gasteiger partial charge in [-0.25, -0.2) is 8.42 Å². The van der Waals surface area contributed by atoms with Crippen molar-refractivity contribution < 1.29 is 13.2 Å². The molecule has 0 aliphatic heterocycles. The van der Waals surface area contributed by atoms with E-state index in [1.165, 1.54) is 0 Å². The maximum Gasteiger partial charge on any atom is 0.241 e. The molecule has 0 unspecified atom stereocenters.